The molecule has 2 amide bonds. The molecule has 1 fully saturated rings. The molecular weight excluding hydrogens is 501 g/mol. The summed E-state index contributed by atoms with van der Waals surface area (Å²) < 4.78 is 45.0. The number of halogens is 3. The number of carbonyl (C=O) groups is 1. The van der Waals surface area contributed by atoms with Crippen molar-refractivity contribution in [3.8, 4) is 0 Å². The first-order valence-corrected chi connectivity index (χ1v) is 12.6. The average Bonchev–Trinajstić information content (AvgIpc) is 3.36. The molecular formula is C25H31F3N8O2. The Bertz CT molecular complexity index is 1170. The lowest BCUT2D eigenvalue weighted by molar-refractivity contribution is -0.137. The normalized spacial score (nSPS) is 22.5. The van der Waals surface area contributed by atoms with Crippen LogP contribution in [0.1, 0.15) is 36.9 Å². The number of ether oxygens (including phenoxy) is 1. The summed E-state index contributed by atoms with van der Waals surface area (Å²) in [7, 11) is 0. The van der Waals surface area contributed by atoms with E-state index < -0.39 is 24.1 Å². The number of hydrazine groups is 1. The maximum absolute atomic E-state index is 13.1. The number of allylic oxidation sites excluding steroid dienone is 1. The molecule has 4 heterocycles. The zero-order valence-corrected chi connectivity index (χ0v) is 21.0. The van der Waals surface area contributed by atoms with Gasteiger partial charge in [0.25, 0.3) is 0 Å². The first kappa shape index (κ1) is 26.2. The fourth-order valence-corrected chi connectivity index (χ4v) is 4.71. The second kappa shape index (κ2) is 11.1. The van der Waals surface area contributed by atoms with E-state index in [1.54, 1.807) is 24.1 Å². The average molecular weight is 533 g/mol. The van der Waals surface area contributed by atoms with Crippen LogP contribution in [0, 0.1) is 0 Å². The Kier molecular flexibility index (Phi) is 7.68. The number of rotatable bonds is 5. The zero-order chi connectivity index (χ0) is 26.7. The summed E-state index contributed by atoms with van der Waals surface area (Å²) in [6.07, 6.45) is 0.0109. The molecule has 0 aliphatic carbocycles. The third-order valence-electron chi connectivity index (χ3n) is 6.79. The number of urea groups is 1. The van der Waals surface area contributed by atoms with Gasteiger partial charge < -0.3 is 25.2 Å². The number of nitrogens with one attached hydrogen (secondary N) is 4. The Labute approximate surface area is 218 Å². The molecule has 10 nitrogen and oxygen atoms in total. The SMILES string of the molecule is CC(NNC1N=C(N2CCOCC2)C2=C(CN(C(=O)NC3=CN=CCC3)C2)N1)c1cccc(C(F)(F)F)c1. The maximum atomic E-state index is 13.1. The van der Waals surface area contributed by atoms with Gasteiger partial charge in [0, 0.05) is 48.5 Å². The first-order chi connectivity index (χ1) is 18.3. The Hall–Kier alpha value is -3.42. The summed E-state index contributed by atoms with van der Waals surface area (Å²) >= 11 is 0. The van der Waals surface area contributed by atoms with Gasteiger partial charge in [0.1, 0.15) is 5.84 Å². The van der Waals surface area contributed by atoms with Crippen molar-refractivity contribution in [3.63, 3.8) is 0 Å². The van der Waals surface area contributed by atoms with E-state index in [-0.39, 0.29) is 6.03 Å². The van der Waals surface area contributed by atoms with Crippen LogP contribution in [-0.4, -0.2) is 73.6 Å². The van der Waals surface area contributed by atoms with Gasteiger partial charge in [-0.05, 0) is 37.5 Å². The van der Waals surface area contributed by atoms with Crippen LogP contribution in [0.25, 0.3) is 0 Å². The highest BCUT2D eigenvalue weighted by Crippen LogP contribution is 2.31. The molecule has 2 atom stereocenters. The molecule has 4 aliphatic heterocycles. The zero-order valence-electron chi connectivity index (χ0n) is 21.0. The van der Waals surface area contributed by atoms with Gasteiger partial charge in [0.2, 0.25) is 0 Å². The summed E-state index contributed by atoms with van der Waals surface area (Å²) in [6, 6.07) is 4.61. The van der Waals surface area contributed by atoms with Crippen molar-refractivity contribution in [2.75, 3.05) is 39.4 Å². The minimum Gasteiger partial charge on any atom is -0.378 e. The minimum absolute atomic E-state index is 0.202. The minimum atomic E-state index is -4.41. The predicted octanol–water partition coefficient (Wildman–Crippen LogP) is 2.46. The van der Waals surface area contributed by atoms with Crippen molar-refractivity contribution in [1.82, 2.24) is 31.3 Å². The van der Waals surface area contributed by atoms with Crippen molar-refractivity contribution < 1.29 is 22.7 Å². The van der Waals surface area contributed by atoms with Crippen LogP contribution in [0.3, 0.4) is 0 Å². The molecule has 0 saturated carbocycles. The van der Waals surface area contributed by atoms with Gasteiger partial charge in [0.15, 0.2) is 6.29 Å². The third kappa shape index (κ3) is 6.00. The summed E-state index contributed by atoms with van der Waals surface area (Å²) in [4.78, 5) is 25.8. The van der Waals surface area contributed by atoms with Crippen LogP contribution in [-0.2, 0) is 10.9 Å². The Morgan fingerprint density at radius 1 is 1.24 bits per heavy atom. The van der Waals surface area contributed by atoms with E-state index in [0.717, 1.165) is 47.8 Å². The molecule has 38 heavy (non-hydrogen) atoms. The molecule has 5 rings (SSSR count). The van der Waals surface area contributed by atoms with Gasteiger partial charge in [-0.15, -0.1) is 0 Å². The number of hydrogen-bond donors (Lipinski definition) is 4. The second-order valence-corrected chi connectivity index (χ2v) is 9.50. The van der Waals surface area contributed by atoms with E-state index in [1.807, 2.05) is 6.21 Å². The van der Waals surface area contributed by atoms with Crippen molar-refractivity contribution in [3.05, 3.63) is 58.6 Å². The molecule has 4 N–H and O–H groups in total. The van der Waals surface area contributed by atoms with E-state index in [4.69, 9.17) is 9.73 Å². The first-order valence-electron chi connectivity index (χ1n) is 12.6. The Morgan fingerprint density at radius 3 is 2.79 bits per heavy atom. The number of amidine groups is 1. The number of aliphatic imine (C=N–C) groups is 2. The number of carbonyl (C=O) groups excluding carboxylic acids is 1. The standard InChI is InChI=1S/C25H31F3N8O2/c1-16(17-4-2-5-18(12-17)25(26,27)28)33-34-23-31-21-15-36(24(37)30-19-6-3-7-29-13-19)14-20(21)22(32-23)35-8-10-38-11-9-35/h2,4-5,7,12-13,16,23,31,33-34H,3,6,8-11,14-15H2,1H3,(H,30,37). The fourth-order valence-electron chi connectivity index (χ4n) is 4.71. The molecule has 2 unspecified atom stereocenters. The van der Waals surface area contributed by atoms with Gasteiger partial charge in [-0.25, -0.2) is 20.6 Å². The lowest BCUT2D eigenvalue weighted by Gasteiger charge is -2.34. The van der Waals surface area contributed by atoms with Gasteiger partial charge in [-0.3, -0.25) is 4.99 Å². The smallest absolute Gasteiger partial charge is 0.378 e. The van der Waals surface area contributed by atoms with Gasteiger partial charge in [-0.2, -0.15) is 13.2 Å². The number of amides is 2. The second-order valence-electron chi connectivity index (χ2n) is 9.50. The van der Waals surface area contributed by atoms with Crippen LogP contribution >= 0.6 is 0 Å². The van der Waals surface area contributed by atoms with Crippen LogP contribution in [0.2, 0.25) is 0 Å². The van der Waals surface area contributed by atoms with Crippen LogP contribution < -0.4 is 21.5 Å². The fraction of sp³-hybridized carbons (Fsp3) is 0.480. The predicted molar refractivity (Wildman–Crippen MR) is 136 cm³/mol. The van der Waals surface area contributed by atoms with Gasteiger partial charge in [0.05, 0.1) is 31.9 Å². The van der Waals surface area contributed by atoms with Gasteiger partial charge >= 0.3 is 12.2 Å². The molecule has 0 spiro atoms. The number of nitrogens with zero attached hydrogens (tertiary/aromatic N) is 4. The van der Waals surface area contributed by atoms with Crippen LogP contribution in [0.5, 0.6) is 0 Å². The lowest BCUT2D eigenvalue weighted by atomic mass is 10.1. The molecule has 204 valence electrons. The van der Waals surface area contributed by atoms with Gasteiger partial charge in [-0.1, -0.05) is 12.1 Å². The third-order valence-corrected chi connectivity index (χ3v) is 6.79. The quantitative estimate of drug-likeness (QED) is 0.435. The molecule has 0 bridgehead atoms. The molecule has 1 aromatic rings. The highest BCUT2D eigenvalue weighted by Gasteiger charge is 2.36. The van der Waals surface area contributed by atoms with E-state index in [1.165, 1.54) is 6.07 Å². The van der Waals surface area contributed by atoms with Crippen molar-refractivity contribution >= 4 is 18.1 Å². The number of morpholine rings is 1. The summed E-state index contributed by atoms with van der Waals surface area (Å²) in [5.74, 6) is 0.782. The van der Waals surface area contributed by atoms with E-state index in [9.17, 15) is 18.0 Å². The van der Waals surface area contributed by atoms with Crippen molar-refractivity contribution in [2.45, 2.75) is 38.3 Å². The van der Waals surface area contributed by atoms with Crippen LogP contribution in [0.15, 0.2) is 57.4 Å². The Balaban J connectivity index is 1.27. The molecule has 0 radical (unpaired) electrons. The number of alkyl halides is 3. The molecule has 13 heteroatoms. The van der Waals surface area contributed by atoms with Crippen molar-refractivity contribution in [2.24, 2.45) is 9.98 Å². The highest BCUT2D eigenvalue weighted by atomic mass is 19.4. The van der Waals surface area contributed by atoms with E-state index >= 15 is 0 Å². The molecule has 1 saturated heterocycles. The Morgan fingerprint density at radius 2 is 2.05 bits per heavy atom. The summed E-state index contributed by atoms with van der Waals surface area (Å²) in [5.41, 5.74) is 8.58. The highest BCUT2D eigenvalue weighted by molar-refractivity contribution is 6.01. The van der Waals surface area contributed by atoms with E-state index in [0.29, 0.717) is 45.0 Å². The maximum Gasteiger partial charge on any atom is 0.416 e. The largest absolute Gasteiger partial charge is 0.416 e. The summed E-state index contributed by atoms with van der Waals surface area (Å²) in [5, 5.41) is 6.28. The molecule has 0 aromatic heterocycles. The topological polar surface area (TPSA) is 106 Å². The number of hydrogen-bond acceptors (Lipinski definition) is 8. The number of benzene rings is 1. The monoisotopic (exact) mass is 532 g/mol. The molecule has 1 aromatic carbocycles. The lowest BCUT2D eigenvalue weighted by Crippen LogP contribution is -2.53. The van der Waals surface area contributed by atoms with Crippen LogP contribution in [0.4, 0.5) is 18.0 Å². The van der Waals surface area contributed by atoms with Crippen molar-refractivity contribution in [1.29, 1.82) is 0 Å². The van der Waals surface area contributed by atoms with E-state index in [2.05, 4.69) is 31.4 Å². The molecule has 4 aliphatic rings. The summed E-state index contributed by atoms with van der Waals surface area (Å²) in [6.45, 7) is 5.06.